The minimum atomic E-state index is -0.360. The highest BCUT2D eigenvalue weighted by Crippen LogP contribution is 2.19. The van der Waals surface area contributed by atoms with Gasteiger partial charge >= 0.3 is 5.97 Å². The third-order valence-electron chi connectivity index (χ3n) is 4.01. The van der Waals surface area contributed by atoms with Crippen molar-refractivity contribution in [1.82, 2.24) is 14.7 Å². The van der Waals surface area contributed by atoms with Gasteiger partial charge in [0.25, 0.3) is 0 Å². The van der Waals surface area contributed by atoms with Gasteiger partial charge in [0.05, 0.1) is 17.5 Å². The zero-order valence-electron chi connectivity index (χ0n) is 13.1. The monoisotopic (exact) mass is 321 g/mol. The molecule has 120 valence electrons. The number of nitrogens with zero attached hydrogens (tertiary/aromatic N) is 3. The molecule has 2 aromatic heterocycles. The van der Waals surface area contributed by atoms with Crippen LogP contribution in [0.3, 0.4) is 0 Å². The predicted molar refractivity (Wildman–Crippen MR) is 88.2 cm³/mol. The molecule has 4 rings (SSSR count). The molecule has 2 aromatic carbocycles. The first-order valence-electron chi connectivity index (χ1n) is 7.61. The molecular weight excluding hydrogens is 306 g/mol. The molecule has 4 aromatic rings. The Bertz CT molecular complexity index is 1030. The van der Waals surface area contributed by atoms with Crippen LogP contribution in [0.4, 0.5) is 0 Å². The molecular formula is C18H15N3O3. The molecule has 0 bridgehead atoms. The highest BCUT2D eigenvalue weighted by Gasteiger charge is 2.14. The second kappa shape index (κ2) is 5.81. The lowest BCUT2D eigenvalue weighted by Gasteiger charge is -2.04. The summed E-state index contributed by atoms with van der Waals surface area (Å²) in [5, 5.41) is 4.78. The maximum absolute atomic E-state index is 12.1. The van der Waals surface area contributed by atoms with Gasteiger partial charge in [-0.25, -0.2) is 4.98 Å². The van der Waals surface area contributed by atoms with E-state index in [1.165, 1.54) is 0 Å². The fraction of sp³-hybridized carbons (Fsp3) is 0.167. The zero-order valence-corrected chi connectivity index (χ0v) is 13.1. The van der Waals surface area contributed by atoms with Gasteiger partial charge in [-0.15, -0.1) is 0 Å². The first-order chi connectivity index (χ1) is 11.7. The molecule has 0 unspecified atom stereocenters. The SMILES string of the molecule is Cn1c(COC(=O)Cc2noc3ccccc23)nc2ccccc21. The van der Waals surface area contributed by atoms with Crippen molar-refractivity contribution in [2.24, 2.45) is 7.05 Å². The number of rotatable bonds is 4. The smallest absolute Gasteiger partial charge is 0.312 e. The van der Waals surface area contributed by atoms with Crippen molar-refractivity contribution in [1.29, 1.82) is 0 Å². The van der Waals surface area contributed by atoms with Crippen LogP contribution >= 0.6 is 0 Å². The van der Waals surface area contributed by atoms with E-state index in [-0.39, 0.29) is 19.0 Å². The highest BCUT2D eigenvalue weighted by atomic mass is 16.5. The molecule has 0 spiro atoms. The number of aromatic nitrogens is 3. The van der Waals surface area contributed by atoms with Gasteiger partial charge in [-0.05, 0) is 24.3 Å². The Morgan fingerprint density at radius 3 is 2.83 bits per heavy atom. The van der Waals surface area contributed by atoms with Crippen LogP contribution in [-0.4, -0.2) is 20.7 Å². The van der Waals surface area contributed by atoms with Gasteiger partial charge in [0.15, 0.2) is 5.58 Å². The van der Waals surface area contributed by atoms with E-state index < -0.39 is 0 Å². The Labute approximate surface area is 137 Å². The summed E-state index contributed by atoms with van der Waals surface area (Å²) in [6.45, 7) is 0.125. The lowest BCUT2D eigenvalue weighted by molar-refractivity contribution is -0.144. The van der Waals surface area contributed by atoms with E-state index in [1.54, 1.807) is 0 Å². The summed E-state index contributed by atoms with van der Waals surface area (Å²) in [6, 6.07) is 15.2. The lowest BCUT2D eigenvalue weighted by Crippen LogP contribution is -2.10. The second-order valence-electron chi connectivity index (χ2n) is 5.54. The third-order valence-corrected chi connectivity index (χ3v) is 4.01. The van der Waals surface area contributed by atoms with E-state index >= 15 is 0 Å². The molecule has 0 saturated heterocycles. The Morgan fingerprint density at radius 2 is 1.96 bits per heavy atom. The van der Waals surface area contributed by atoms with E-state index in [9.17, 15) is 4.79 Å². The van der Waals surface area contributed by atoms with Crippen LogP contribution in [0, 0.1) is 0 Å². The Morgan fingerprint density at radius 1 is 1.17 bits per heavy atom. The topological polar surface area (TPSA) is 70.2 Å². The molecule has 0 aliphatic rings. The van der Waals surface area contributed by atoms with Gasteiger partial charge in [0.1, 0.15) is 18.1 Å². The van der Waals surface area contributed by atoms with Gasteiger partial charge in [-0.3, -0.25) is 4.79 Å². The lowest BCUT2D eigenvalue weighted by atomic mass is 10.2. The Balaban J connectivity index is 1.47. The number of carbonyl (C=O) groups excluding carboxylic acids is 1. The number of para-hydroxylation sites is 3. The first-order valence-corrected chi connectivity index (χ1v) is 7.61. The van der Waals surface area contributed by atoms with Crippen molar-refractivity contribution in [3.63, 3.8) is 0 Å². The average molecular weight is 321 g/mol. The summed E-state index contributed by atoms with van der Waals surface area (Å²) in [5.41, 5.74) is 3.14. The third kappa shape index (κ3) is 2.52. The molecule has 0 amide bonds. The fourth-order valence-electron chi connectivity index (χ4n) is 2.72. The molecule has 6 nitrogen and oxygen atoms in total. The summed E-state index contributed by atoms with van der Waals surface area (Å²) in [5.74, 6) is 0.343. The molecule has 6 heteroatoms. The summed E-state index contributed by atoms with van der Waals surface area (Å²) in [4.78, 5) is 16.6. The molecule has 0 atom stereocenters. The van der Waals surface area contributed by atoms with Crippen LogP contribution in [0.2, 0.25) is 0 Å². The number of fused-ring (bicyclic) bond motifs is 2. The van der Waals surface area contributed by atoms with Crippen molar-refractivity contribution >= 4 is 28.0 Å². The van der Waals surface area contributed by atoms with Crippen molar-refractivity contribution in [3.8, 4) is 0 Å². The van der Waals surface area contributed by atoms with Crippen LogP contribution in [0.5, 0.6) is 0 Å². The standard InChI is InChI=1S/C18H15N3O3/c1-21-15-8-4-3-7-13(15)19-17(21)11-23-18(22)10-14-12-6-2-5-9-16(12)24-20-14/h2-9H,10-11H2,1H3. The molecule has 0 aliphatic carbocycles. The highest BCUT2D eigenvalue weighted by molar-refractivity contribution is 5.84. The van der Waals surface area contributed by atoms with Crippen LogP contribution in [-0.2, 0) is 29.6 Å². The summed E-state index contributed by atoms with van der Waals surface area (Å²) >= 11 is 0. The predicted octanol–water partition coefficient (Wildman–Crippen LogP) is 3.00. The van der Waals surface area contributed by atoms with Gasteiger partial charge in [-0.1, -0.05) is 29.4 Å². The molecule has 2 heterocycles. The minimum Gasteiger partial charge on any atom is -0.457 e. The molecule has 0 saturated carbocycles. The number of ether oxygens (including phenoxy) is 1. The number of carbonyl (C=O) groups is 1. The molecule has 24 heavy (non-hydrogen) atoms. The summed E-state index contributed by atoms with van der Waals surface area (Å²) in [6.07, 6.45) is 0.0704. The van der Waals surface area contributed by atoms with Gasteiger partial charge < -0.3 is 13.8 Å². The normalized spacial score (nSPS) is 11.2. The first kappa shape index (κ1) is 14.4. The van der Waals surface area contributed by atoms with Gasteiger partial charge in [-0.2, -0.15) is 0 Å². The minimum absolute atomic E-state index is 0.0704. The molecule has 0 N–H and O–H groups in total. The molecule has 0 aliphatic heterocycles. The van der Waals surface area contributed by atoms with Crippen LogP contribution in [0.15, 0.2) is 53.1 Å². The second-order valence-corrected chi connectivity index (χ2v) is 5.54. The summed E-state index contributed by atoms with van der Waals surface area (Å²) in [7, 11) is 1.91. The fourth-order valence-corrected chi connectivity index (χ4v) is 2.72. The maximum Gasteiger partial charge on any atom is 0.312 e. The van der Waals surface area contributed by atoms with Crippen molar-refractivity contribution in [2.75, 3.05) is 0 Å². The van der Waals surface area contributed by atoms with Crippen molar-refractivity contribution in [3.05, 3.63) is 60.0 Å². The van der Waals surface area contributed by atoms with E-state index in [2.05, 4.69) is 10.1 Å². The van der Waals surface area contributed by atoms with E-state index in [4.69, 9.17) is 9.26 Å². The summed E-state index contributed by atoms with van der Waals surface area (Å²) < 4.78 is 12.5. The number of esters is 1. The number of aryl methyl sites for hydroxylation is 1. The molecule has 0 fully saturated rings. The number of benzene rings is 2. The molecule has 0 radical (unpaired) electrons. The number of hydrogen-bond donors (Lipinski definition) is 0. The van der Waals surface area contributed by atoms with Crippen LogP contribution in [0.25, 0.3) is 22.0 Å². The van der Waals surface area contributed by atoms with Gasteiger partial charge in [0, 0.05) is 12.4 Å². The number of hydrogen-bond acceptors (Lipinski definition) is 5. The van der Waals surface area contributed by atoms with E-state index in [1.807, 2.05) is 60.1 Å². The maximum atomic E-state index is 12.1. The zero-order chi connectivity index (χ0) is 16.5. The number of imidazole rings is 1. The van der Waals surface area contributed by atoms with Crippen molar-refractivity contribution < 1.29 is 14.1 Å². The van der Waals surface area contributed by atoms with E-state index in [0.29, 0.717) is 17.1 Å². The largest absolute Gasteiger partial charge is 0.457 e. The average Bonchev–Trinajstić information content (AvgIpc) is 3.15. The quantitative estimate of drug-likeness (QED) is 0.540. The van der Waals surface area contributed by atoms with Crippen molar-refractivity contribution in [2.45, 2.75) is 13.0 Å². The van der Waals surface area contributed by atoms with Crippen LogP contribution in [0.1, 0.15) is 11.5 Å². The Hall–Kier alpha value is -3.15. The van der Waals surface area contributed by atoms with Gasteiger partial charge in [0.2, 0.25) is 0 Å². The van der Waals surface area contributed by atoms with Crippen LogP contribution < -0.4 is 0 Å². The Kier molecular flexibility index (Phi) is 3.49. The van der Waals surface area contributed by atoms with E-state index in [0.717, 1.165) is 16.4 Å².